The second kappa shape index (κ2) is 5.77. The Morgan fingerprint density at radius 3 is 2.38 bits per heavy atom. The van der Waals surface area contributed by atoms with Crippen molar-refractivity contribution >= 4 is 12.6 Å². The lowest BCUT2D eigenvalue weighted by atomic mass is 9.78. The maximum absolute atomic E-state index is 9.28. The third-order valence-corrected chi connectivity index (χ3v) is 2.08. The fraction of sp³-hybridized carbons (Fsp3) is 0.455. The van der Waals surface area contributed by atoms with Crippen LogP contribution in [0.25, 0.3) is 0 Å². The molecule has 1 aromatic rings. The number of ether oxygens (including phenoxy) is 2. The van der Waals surface area contributed by atoms with Crippen molar-refractivity contribution in [2.24, 2.45) is 5.92 Å². The summed E-state index contributed by atoms with van der Waals surface area (Å²) in [5.41, 5.74) is 0.269. The van der Waals surface area contributed by atoms with Gasteiger partial charge >= 0.3 is 7.12 Å². The van der Waals surface area contributed by atoms with E-state index in [2.05, 4.69) is 0 Å². The zero-order chi connectivity index (χ0) is 12.1. The van der Waals surface area contributed by atoms with Crippen LogP contribution in [0, 0.1) is 5.92 Å². The molecule has 0 heterocycles. The van der Waals surface area contributed by atoms with Gasteiger partial charge in [-0.05, 0) is 18.1 Å². The molecule has 0 aliphatic carbocycles. The number of benzene rings is 1. The monoisotopic (exact) mass is 224 g/mol. The maximum Gasteiger partial charge on any atom is 0.496 e. The van der Waals surface area contributed by atoms with Crippen LogP contribution in [0.4, 0.5) is 0 Å². The van der Waals surface area contributed by atoms with Crippen LogP contribution in [0.15, 0.2) is 18.2 Å². The van der Waals surface area contributed by atoms with Crippen molar-refractivity contribution in [3.05, 3.63) is 18.2 Å². The van der Waals surface area contributed by atoms with Gasteiger partial charge in [0.1, 0.15) is 11.5 Å². The first-order valence-electron chi connectivity index (χ1n) is 5.22. The van der Waals surface area contributed by atoms with E-state index >= 15 is 0 Å². The van der Waals surface area contributed by atoms with Crippen molar-refractivity contribution in [1.29, 1.82) is 0 Å². The number of methoxy groups -OCH3 is 1. The van der Waals surface area contributed by atoms with Crippen molar-refractivity contribution in [3.8, 4) is 11.5 Å². The Kier molecular flexibility index (Phi) is 4.64. The van der Waals surface area contributed by atoms with Crippen LogP contribution in [0.1, 0.15) is 13.8 Å². The summed E-state index contributed by atoms with van der Waals surface area (Å²) in [6.07, 6.45) is 0. The molecule has 5 heteroatoms. The van der Waals surface area contributed by atoms with Gasteiger partial charge in [-0.1, -0.05) is 19.9 Å². The zero-order valence-electron chi connectivity index (χ0n) is 9.80. The van der Waals surface area contributed by atoms with Gasteiger partial charge in [0.05, 0.1) is 19.2 Å². The highest BCUT2D eigenvalue weighted by atomic mass is 16.5. The molecule has 1 rings (SSSR count). The van der Waals surface area contributed by atoms with Crippen molar-refractivity contribution in [2.75, 3.05) is 13.7 Å². The predicted molar refractivity (Wildman–Crippen MR) is 63.2 cm³/mol. The molecule has 0 saturated carbocycles. The predicted octanol–water partition coefficient (Wildman–Crippen LogP) is 0.410. The number of hydrogen-bond acceptors (Lipinski definition) is 4. The molecule has 0 amide bonds. The third kappa shape index (κ3) is 3.15. The average Bonchev–Trinajstić information content (AvgIpc) is 2.25. The smallest absolute Gasteiger partial charge is 0.496 e. The largest absolute Gasteiger partial charge is 0.497 e. The molecule has 0 saturated heterocycles. The van der Waals surface area contributed by atoms with E-state index in [1.165, 1.54) is 7.11 Å². The fourth-order valence-electron chi connectivity index (χ4n) is 1.34. The molecule has 1 aromatic carbocycles. The molecule has 0 bridgehead atoms. The second-order valence-electron chi connectivity index (χ2n) is 3.95. The van der Waals surface area contributed by atoms with E-state index in [0.717, 1.165) is 0 Å². The van der Waals surface area contributed by atoms with Crippen LogP contribution in [0.2, 0.25) is 0 Å². The molecule has 0 fully saturated rings. The van der Waals surface area contributed by atoms with Gasteiger partial charge in [0.2, 0.25) is 0 Å². The molecule has 0 spiro atoms. The molecule has 16 heavy (non-hydrogen) atoms. The SMILES string of the molecule is COc1cccc(OCC(C)C)c1B(O)O. The van der Waals surface area contributed by atoms with Crippen LogP contribution in [-0.2, 0) is 0 Å². The molecule has 0 unspecified atom stereocenters. The Morgan fingerprint density at radius 1 is 1.25 bits per heavy atom. The molecule has 0 aliphatic heterocycles. The van der Waals surface area contributed by atoms with E-state index < -0.39 is 7.12 Å². The minimum atomic E-state index is -1.60. The summed E-state index contributed by atoms with van der Waals surface area (Å²) in [5, 5.41) is 18.6. The molecular formula is C11H17BO4. The van der Waals surface area contributed by atoms with Crippen molar-refractivity contribution in [2.45, 2.75) is 13.8 Å². The summed E-state index contributed by atoms with van der Waals surface area (Å²) in [4.78, 5) is 0. The van der Waals surface area contributed by atoms with Crippen LogP contribution >= 0.6 is 0 Å². The fourth-order valence-corrected chi connectivity index (χ4v) is 1.34. The standard InChI is InChI=1S/C11H17BO4/c1-8(2)7-16-10-6-4-5-9(15-3)11(10)12(13)14/h4-6,8,13-14H,7H2,1-3H3. The van der Waals surface area contributed by atoms with E-state index in [-0.39, 0.29) is 5.46 Å². The Hall–Kier alpha value is -1.20. The first-order chi connectivity index (χ1) is 7.56. The van der Waals surface area contributed by atoms with E-state index in [4.69, 9.17) is 9.47 Å². The van der Waals surface area contributed by atoms with Gasteiger partial charge in [-0.25, -0.2) is 0 Å². The van der Waals surface area contributed by atoms with Crippen LogP contribution in [0.5, 0.6) is 11.5 Å². The van der Waals surface area contributed by atoms with Crippen LogP contribution in [0.3, 0.4) is 0 Å². The van der Waals surface area contributed by atoms with Gasteiger partial charge in [0, 0.05) is 0 Å². The molecular weight excluding hydrogens is 207 g/mol. The Bertz CT molecular complexity index is 339. The molecule has 88 valence electrons. The minimum Gasteiger partial charge on any atom is -0.497 e. The van der Waals surface area contributed by atoms with E-state index in [1.807, 2.05) is 13.8 Å². The summed E-state index contributed by atoms with van der Waals surface area (Å²) in [6.45, 7) is 4.57. The highest BCUT2D eigenvalue weighted by molar-refractivity contribution is 6.60. The molecule has 2 N–H and O–H groups in total. The number of rotatable bonds is 5. The summed E-state index contributed by atoms with van der Waals surface area (Å²) < 4.78 is 10.6. The van der Waals surface area contributed by atoms with Gasteiger partial charge in [-0.15, -0.1) is 0 Å². The summed E-state index contributed by atoms with van der Waals surface area (Å²) >= 11 is 0. The lowest BCUT2D eigenvalue weighted by Crippen LogP contribution is -2.33. The quantitative estimate of drug-likeness (QED) is 0.711. The van der Waals surface area contributed by atoms with Gasteiger partial charge < -0.3 is 19.5 Å². The zero-order valence-corrected chi connectivity index (χ0v) is 9.80. The second-order valence-corrected chi connectivity index (χ2v) is 3.95. The van der Waals surface area contributed by atoms with Crippen LogP contribution < -0.4 is 14.9 Å². The first kappa shape index (κ1) is 12.9. The average molecular weight is 224 g/mol. The van der Waals surface area contributed by atoms with Crippen LogP contribution in [-0.4, -0.2) is 30.9 Å². The van der Waals surface area contributed by atoms with Gasteiger partial charge in [-0.3, -0.25) is 0 Å². The maximum atomic E-state index is 9.28. The third-order valence-electron chi connectivity index (χ3n) is 2.08. The minimum absolute atomic E-state index is 0.269. The summed E-state index contributed by atoms with van der Waals surface area (Å²) in [7, 11) is -0.119. The van der Waals surface area contributed by atoms with Gasteiger partial charge in [0.15, 0.2) is 0 Å². The van der Waals surface area contributed by atoms with Crippen molar-refractivity contribution in [1.82, 2.24) is 0 Å². The molecule has 0 aliphatic rings. The van der Waals surface area contributed by atoms with Crippen molar-refractivity contribution in [3.63, 3.8) is 0 Å². The number of hydrogen-bond donors (Lipinski definition) is 2. The lowest BCUT2D eigenvalue weighted by Gasteiger charge is -2.15. The highest BCUT2D eigenvalue weighted by Gasteiger charge is 2.22. The Morgan fingerprint density at radius 2 is 1.88 bits per heavy atom. The van der Waals surface area contributed by atoms with E-state index in [0.29, 0.717) is 24.0 Å². The lowest BCUT2D eigenvalue weighted by molar-refractivity contribution is 0.270. The molecule has 0 atom stereocenters. The highest BCUT2D eigenvalue weighted by Crippen LogP contribution is 2.17. The summed E-state index contributed by atoms with van der Waals surface area (Å²) in [5.74, 6) is 1.23. The van der Waals surface area contributed by atoms with Gasteiger partial charge in [0.25, 0.3) is 0 Å². The van der Waals surface area contributed by atoms with E-state index in [1.54, 1.807) is 18.2 Å². The molecule has 4 nitrogen and oxygen atoms in total. The topological polar surface area (TPSA) is 58.9 Å². The van der Waals surface area contributed by atoms with Crippen molar-refractivity contribution < 1.29 is 19.5 Å². The normalized spacial score (nSPS) is 10.4. The Balaban J connectivity index is 2.97. The first-order valence-corrected chi connectivity index (χ1v) is 5.22. The van der Waals surface area contributed by atoms with E-state index in [9.17, 15) is 10.0 Å². The Labute approximate surface area is 96.0 Å². The molecule has 0 aromatic heterocycles. The molecule has 0 radical (unpaired) electrons. The summed E-state index contributed by atoms with van der Waals surface area (Å²) in [6, 6.07) is 5.11. The van der Waals surface area contributed by atoms with Gasteiger partial charge in [-0.2, -0.15) is 0 Å².